The zero-order chi connectivity index (χ0) is 18.8. The molecule has 5 rings (SSSR count). The first-order chi connectivity index (χ1) is 12.9. The van der Waals surface area contributed by atoms with Crippen LogP contribution in [-0.4, -0.2) is 35.8 Å². The van der Waals surface area contributed by atoms with Gasteiger partial charge in [0.1, 0.15) is 10.3 Å². The monoisotopic (exact) mass is 387 g/mol. The van der Waals surface area contributed by atoms with Crippen LogP contribution in [0.1, 0.15) is 23.8 Å². The predicted molar refractivity (Wildman–Crippen MR) is 97.5 cm³/mol. The largest absolute Gasteiger partial charge is 0.387 e. The smallest absolute Gasteiger partial charge is 0.248 e. The van der Waals surface area contributed by atoms with Gasteiger partial charge in [-0.1, -0.05) is 0 Å². The molecule has 4 aromatic heterocycles. The number of nitrogens with zero attached hydrogens (tertiary/aromatic N) is 5. The van der Waals surface area contributed by atoms with Crippen LogP contribution in [0.5, 0.6) is 0 Å². The normalized spacial score (nSPS) is 18.1. The maximum atomic E-state index is 13.1. The summed E-state index contributed by atoms with van der Waals surface area (Å²) in [5.41, 5.74) is 2.78. The van der Waals surface area contributed by atoms with Crippen LogP contribution >= 0.6 is 11.3 Å². The number of fused-ring (bicyclic) bond motifs is 2. The minimum Gasteiger partial charge on any atom is -0.387 e. The fourth-order valence-electron chi connectivity index (χ4n) is 3.46. The van der Waals surface area contributed by atoms with E-state index in [0.717, 1.165) is 10.9 Å². The number of aliphatic hydroxyl groups excluding tert-OH is 1. The molecule has 0 amide bonds. The molecule has 0 aliphatic heterocycles. The first kappa shape index (κ1) is 16.6. The molecule has 9 heteroatoms. The first-order valence-electron chi connectivity index (χ1n) is 8.50. The Kier molecular flexibility index (Phi) is 3.54. The van der Waals surface area contributed by atoms with Crippen molar-refractivity contribution >= 4 is 32.7 Å². The number of hydrogen-bond donors (Lipinski definition) is 1. The fourth-order valence-corrected chi connectivity index (χ4v) is 4.48. The summed E-state index contributed by atoms with van der Waals surface area (Å²) in [4.78, 5) is 14.7. The number of halogens is 2. The van der Waals surface area contributed by atoms with Gasteiger partial charge in [0.05, 0.1) is 18.0 Å². The van der Waals surface area contributed by atoms with Gasteiger partial charge in [-0.05, 0) is 12.1 Å². The molecule has 1 saturated carbocycles. The molecule has 0 spiro atoms. The molecular formula is C18H15F2N5OS. The number of pyridine rings is 1. The molecule has 1 atom stereocenters. The third kappa shape index (κ3) is 2.87. The second kappa shape index (κ2) is 5.74. The second-order valence-corrected chi connectivity index (χ2v) is 8.07. The van der Waals surface area contributed by atoms with Crippen LogP contribution in [0.2, 0.25) is 0 Å². The molecule has 1 aliphatic rings. The summed E-state index contributed by atoms with van der Waals surface area (Å²) in [6, 6.07) is 3.69. The maximum Gasteiger partial charge on any atom is 0.248 e. The Bertz CT molecular complexity index is 1160. The molecular weight excluding hydrogens is 372 g/mol. The Morgan fingerprint density at radius 2 is 2.07 bits per heavy atom. The van der Waals surface area contributed by atoms with E-state index in [-0.39, 0.29) is 12.8 Å². The van der Waals surface area contributed by atoms with Gasteiger partial charge in [0.15, 0.2) is 5.65 Å². The topological polar surface area (TPSA) is 76.7 Å². The Balaban J connectivity index is 1.47. The van der Waals surface area contributed by atoms with Crippen LogP contribution in [0.3, 0.4) is 0 Å². The van der Waals surface area contributed by atoms with E-state index < -0.39 is 17.9 Å². The molecule has 138 valence electrons. The Hall–Kier alpha value is -2.52. The third-order valence-corrected chi connectivity index (χ3v) is 5.99. The van der Waals surface area contributed by atoms with E-state index in [1.807, 2.05) is 19.3 Å². The molecule has 0 unspecified atom stereocenters. The molecule has 0 saturated heterocycles. The first-order valence-corrected chi connectivity index (χ1v) is 9.32. The van der Waals surface area contributed by atoms with Crippen LogP contribution < -0.4 is 0 Å². The molecule has 6 nitrogen and oxygen atoms in total. The van der Waals surface area contributed by atoms with Crippen LogP contribution in [0, 0.1) is 5.92 Å². The molecule has 4 aromatic rings. The van der Waals surface area contributed by atoms with Crippen molar-refractivity contribution in [3.05, 3.63) is 35.6 Å². The van der Waals surface area contributed by atoms with E-state index in [4.69, 9.17) is 0 Å². The Morgan fingerprint density at radius 1 is 1.26 bits per heavy atom. The van der Waals surface area contributed by atoms with Crippen molar-refractivity contribution in [2.75, 3.05) is 0 Å². The van der Waals surface area contributed by atoms with Crippen LogP contribution in [0.15, 0.2) is 30.7 Å². The van der Waals surface area contributed by atoms with Crippen LogP contribution in [0.25, 0.3) is 32.6 Å². The van der Waals surface area contributed by atoms with Gasteiger partial charge in [0, 0.05) is 54.0 Å². The Morgan fingerprint density at radius 3 is 2.85 bits per heavy atom. The number of aryl methyl sites for hydroxylation is 1. The summed E-state index contributed by atoms with van der Waals surface area (Å²) in [6.45, 7) is 0. The minimum atomic E-state index is -2.65. The van der Waals surface area contributed by atoms with E-state index in [1.54, 1.807) is 23.1 Å². The SMILES string of the molecule is Cn1cc2cc(-c3cnc4sc([C@H](O)C5CC(F)(F)C5)cc4n3)cnc2n1. The lowest BCUT2D eigenvalue weighted by molar-refractivity contribution is -0.141. The highest BCUT2D eigenvalue weighted by molar-refractivity contribution is 7.18. The molecule has 0 aromatic carbocycles. The number of thiophene rings is 1. The Labute approximate surface area is 156 Å². The molecule has 1 fully saturated rings. The van der Waals surface area contributed by atoms with Crippen LogP contribution in [0.4, 0.5) is 8.78 Å². The lowest BCUT2D eigenvalue weighted by Gasteiger charge is -2.37. The predicted octanol–water partition coefficient (Wildman–Crippen LogP) is 3.72. The van der Waals surface area contributed by atoms with Gasteiger partial charge < -0.3 is 5.11 Å². The zero-order valence-corrected chi connectivity index (χ0v) is 15.1. The number of aliphatic hydroxyl groups is 1. The highest BCUT2D eigenvalue weighted by Gasteiger charge is 2.48. The van der Waals surface area contributed by atoms with Crippen LogP contribution in [-0.2, 0) is 7.05 Å². The lowest BCUT2D eigenvalue weighted by atomic mass is 9.77. The van der Waals surface area contributed by atoms with Crippen molar-refractivity contribution in [1.82, 2.24) is 24.7 Å². The third-order valence-electron chi connectivity index (χ3n) is 4.89. The molecule has 27 heavy (non-hydrogen) atoms. The summed E-state index contributed by atoms with van der Waals surface area (Å²) < 4.78 is 27.9. The number of rotatable bonds is 3. The van der Waals surface area contributed by atoms with E-state index in [0.29, 0.717) is 26.6 Å². The zero-order valence-electron chi connectivity index (χ0n) is 14.3. The minimum absolute atomic E-state index is 0.273. The molecule has 1 aliphatic carbocycles. The fraction of sp³-hybridized carbons (Fsp3) is 0.333. The summed E-state index contributed by atoms with van der Waals surface area (Å²) >= 11 is 1.30. The summed E-state index contributed by atoms with van der Waals surface area (Å²) in [5, 5.41) is 15.5. The van der Waals surface area contributed by atoms with E-state index >= 15 is 0 Å². The maximum absolute atomic E-state index is 13.1. The summed E-state index contributed by atoms with van der Waals surface area (Å²) in [7, 11) is 1.84. The van der Waals surface area contributed by atoms with Gasteiger partial charge in [-0.15, -0.1) is 11.3 Å². The lowest BCUT2D eigenvalue weighted by Crippen LogP contribution is -2.38. The van der Waals surface area contributed by atoms with E-state index in [1.165, 1.54) is 11.3 Å². The van der Waals surface area contributed by atoms with Gasteiger partial charge in [-0.25, -0.2) is 23.7 Å². The van der Waals surface area contributed by atoms with Gasteiger partial charge in [-0.2, -0.15) is 5.10 Å². The average Bonchev–Trinajstić information content (AvgIpc) is 3.19. The quantitative estimate of drug-likeness (QED) is 0.580. The number of aromatic nitrogens is 5. The van der Waals surface area contributed by atoms with Gasteiger partial charge in [0.25, 0.3) is 0 Å². The van der Waals surface area contributed by atoms with Crippen molar-refractivity contribution in [2.45, 2.75) is 24.9 Å². The van der Waals surface area contributed by atoms with Gasteiger partial charge in [0.2, 0.25) is 5.92 Å². The number of alkyl halides is 2. The van der Waals surface area contributed by atoms with Gasteiger partial charge in [-0.3, -0.25) is 4.68 Å². The average molecular weight is 387 g/mol. The molecule has 1 N–H and O–H groups in total. The summed E-state index contributed by atoms with van der Waals surface area (Å²) in [6.07, 6.45) is 3.79. The summed E-state index contributed by atoms with van der Waals surface area (Å²) in [5.74, 6) is -3.06. The van der Waals surface area contributed by atoms with Gasteiger partial charge >= 0.3 is 0 Å². The second-order valence-electron chi connectivity index (χ2n) is 7.00. The van der Waals surface area contributed by atoms with Crippen molar-refractivity contribution in [3.8, 4) is 11.3 Å². The number of hydrogen-bond acceptors (Lipinski definition) is 6. The van der Waals surface area contributed by atoms with E-state index in [9.17, 15) is 13.9 Å². The molecule has 0 radical (unpaired) electrons. The van der Waals surface area contributed by atoms with Crippen molar-refractivity contribution in [3.63, 3.8) is 0 Å². The standard InChI is InChI=1S/C18H15F2N5OS/c1-25-8-10-2-9(6-21-16(10)24-25)13-7-22-17-12(23-13)3-14(27-17)15(26)11-4-18(19,20)5-11/h2-3,6-8,11,15,26H,4-5H2,1H3/t15-/m1/s1. The molecule has 4 heterocycles. The van der Waals surface area contributed by atoms with Crippen molar-refractivity contribution < 1.29 is 13.9 Å². The highest BCUT2D eigenvalue weighted by atomic mass is 32.1. The highest BCUT2D eigenvalue weighted by Crippen LogP contribution is 2.49. The van der Waals surface area contributed by atoms with E-state index in [2.05, 4.69) is 20.1 Å². The molecule has 0 bridgehead atoms. The van der Waals surface area contributed by atoms with Crippen molar-refractivity contribution in [2.24, 2.45) is 13.0 Å². The van der Waals surface area contributed by atoms with Crippen molar-refractivity contribution in [1.29, 1.82) is 0 Å².